The highest BCUT2D eigenvalue weighted by molar-refractivity contribution is 5.58. The molecule has 1 heterocycles. The Bertz CT molecular complexity index is 464. The minimum absolute atomic E-state index is 0.0354. The first kappa shape index (κ1) is 11.2. The molecule has 15 heavy (non-hydrogen) atoms. The fourth-order valence-electron chi connectivity index (χ4n) is 1.30. The molecule has 2 nitrogen and oxygen atoms in total. The SMILES string of the molecule is C=C/C=C(\C=C/C)n1cc(C)ccc1=O. The second-order valence-electron chi connectivity index (χ2n) is 3.24. The van der Waals surface area contributed by atoms with Crippen LogP contribution in [0.3, 0.4) is 0 Å². The standard InChI is InChI=1S/C13H15NO/c1-4-6-12(7-5-2)14-10-11(3)8-9-13(14)15/h4-10H,1H2,2-3H3/b7-5-,12-6+. The van der Waals surface area contributed by atoms with E-state index in [1.165, 1.54) is 0 Å². The topological polar surface area (TPSA) is 22.0 Å². The molecule has 0 saturated carbocycles. The summed E-state index contributed by atoms with van der Waals surface area (Å²) >= 11 is 0. The summed E-state index contributed by atoms with van der Waals surface area (Å²) in [6.45, 7) is 7.50. The molecule has 1 aromatic heterocycles. The quantitative estimate of drug-likeness (QED) is 0.689. The average Bonchev–Trinajstić information content (AvgIpc) is 2.21. The Labute approximate surface area is 89.9 Å². The predicted octanol–water partition coefficient (Wildman–Crippen LogP) is 2.76. The van der Waals surface area contributed by atoms with Crippen LogP contribution in [0.2, 0.25) is 0 Å². The van der Waals surface area contributed by atoms with Gasteiger partial charge in [-0.2, -0.15) is 0 Å². The van der Waals surface area contributed by atoms with E-state index in [4.69, 9.17) is 0 Å². The normalized spacial score (nSPS) is 12.0. The van der Waals surface area contributed by atoms with Gasteiger partial charge in [-0.25, -0.2) is 0 Å². The smallest absolute Gasteiger partial charge is 0.255 e. The van der Waals surface area contributed by atoms with Gasteiger partial charge < -0.3 is 0 Å². The number of aryl methyl sites for hydroxylation is 1. The lowest BCUT2D eigenvalue weighted by Crippen LogP contribution is -2.17. The molecule has 0 fully saturated rings. The van der Waals surface area contributed by atoms with E-state index in [0.717, 1.165) is 11.3 Å². The number of hydrogen-bond donors (Lipinski definition) is 0. The molecule has 2 heteroatoms. The molecule has 0 spiro atoms. The Morgan fingerprint density at radius 1 is 1.47 bits per heavy atom. The van der Waals surface area contributed by atoms with Gasteiger partial charge in [-0.1, -0.05) is 24.8 Å². The van der Waals surface area contributed by atoms with Gasteiger partial charge >= 0.3 is 0 Å². The molecule has 0 aliphatic carbocycles. The highest BCUT2D eigenvalue weighted by Crippen LogP contribution is 2.05. The summed E-state index contributed by atoms with van der Waals surface area (Å²) in [5.74, 6) is 0. The van der Waals surface area contributed by atoms with Crippen molar-refractivity contribution in [2.75, 3.05) is 0 Å². The molecule has 0 N–H and O–H groups in total. The number of rotatable bonds is 3. The molecule has 0 aliphatic heterocycles. The monoisotopic (exact) mass is 201 g/mol. The van der Waals surface area contributed by atoms with E-state index in [0.29, 0.717) is 0 Å². The Morgan fingerprint density at radius 2 is 2.20 bits per heavy atom. The molecule has 1 aromatic rings. The molecule has 0 saturated heterocycles. The van der Waals surface area contributed by atoms with Crippen molar-refractivity contribution in [2.45, 2.75) is 13.8 Å². The second kappa shape index (κ2) is 5.15. The number of nitrogens with zero attached hydrogens (tertiary/aromatic N) is 1. The van der Waals surface area contributed by atoms with Crippen LogP contribution in [-0.2, 0) is 0 Å². The van der Waals surface area contributed by atoms with Crippen molar-refractivity contribution in [1.82, 2.24) is 4.57 Å². The number of hydrogen-bond acceptors (Lipinski definition) is 1. The Hall–Kier alpha value is -1.83. The van der Waals surface area contributed by atoms with Crippen LogP contribution in [0.25, 0.3) is 5.70 Å². The first-order valence-corrected chi connectivity index (χ1v) is 4.84. The van der Waals surface area contributed by atoms with Gasteiger partial charge in [-0.15, -0.1) is 0 Å². The summed E-state index contributed by atoms with van der Waals surface area (Å²) in [7, 11) is 0. The molecule has 0 unspecified atom stereocenters. The van der Waals surface area contributed by atoms with Crippen LogP contribution in [0.4, 0.5) is 0 Å². The third-order valence-corrected chi connectivity index (χ3v) is 1.96. The molecular weight excluding hydrogens is 186 g/mol. The minimum Gasteiger partial charge on any atom is -0.284 e. The zero-order valence-electron chi connectivity index (χ0n) is 9.10. The lowest BCUT2D eigenvalue weighted by molar-refractivity contribution is 1.01. The lowest BCUT2D eigenvalue weighted by atomic mass is 10.3. The fraction of sp³-hybridized carbons (Fsp3) is 0.154. The maximum atomic E-state index is 11.6. The highest BCUT2D eigenvalue weighted by atomic mass is 16.1. The molecule has 78 valence electrons. The van der Waals surface area contributed by atoms with Crippen LogP contribution >= 0.6 is 0 Å². The number of pyridine rings is 1. The van der Waals surface area contributed by atoms with E-state index in [1.54, 1.807) is 28.9 Å². The second-order valence-corrected chi connectivity index (χ2v) is 3.24. The molecule has 0 bridgehead atoms. The summed E-state index contributed by atoms with van der Waals surface area (Å²) < 4.78 is 1.61. The van der Waals surface area contributed by atoms with E-state index in [1.807, 2.05) is 32.2 Å². The first-order valence-electron chi connectivity index (χ1n) is 4.84. The first-order chi connectivity index (χ1) is 7.19. The van der Waals surface area contributed by atoms with Crippen molar-refractivity contribution in [3.63, 3.8) is 0 Å². The van der Waals surface area contributed by atoms with Gasteiger partial charge in [0.25, 0.3) is 5.56 Å². The van der Waals surface area contributed by atoms with Gasteiger partial charge in [-0.05, 0) is 31.6 Å². The van der Waals surface area contributed by atoms with Crippen molar-refractivity contribution < 1.29 is 0 Å². The third kappa shape index (κ3) is 2.81. The van der Waals surface area contributed by atoms with E-state index < -0.39 is 0 Å². The molecule has 0 amide bonds. The van der Waals surface area contributed by atoms with Crippen LogP contribution in [-0.4, -0.2) is 4.57 Å². The molecule has 0 atom stereocenters. The zero-order chi connectivity index (χ0) is 11.3. The summed E-state index contributed by atoms with van der Waals surface area (Å²) in [6, 6.07) is 3.37. The Morgan fingerprint density at radius 3 is 2.80 bits per heavy atom. The Balaban J connectivity index is 3.34. The van der Waals surface area contributed by atoms with Gasteiger partial charge in [0.2, 0.25) is 0 Å². The zero-order valence-corrected chi connectivity index (χ0v) is 9.10. The van der Waals surface area contributed by atoms with Crippen molar-refractivity contribution in [3.8, 4) is 0 Å². The van der Waals surface area contributed by atoms with E-state index in [9.17, 15) is 4.79 Å². The summed E-state index contributed by atoms with van der Waals surface area (Å²) in [4.78, 5) is 11.6. The van der Waals surface area contributed by atoms with Crippen LogP contribution in [0.1, 0.15) is 12.5 Å². The summed E-state index contributed by atoms with van der Waals surface area (Å²) in [5, 5.41) is 0. The fourth-order valence-corrected chi connectivity index (χ4v) is 1.30. The largest absolute Gasteiger partial charge is 0.284 e. The van der Waals surface area contributed by atoms with E-state index in [-0.39, 0.29) is 5.56 Å². The number of allylic oxidation sites excluding steroid dienone is 5. The van der Waals surface area contributed by atoms with Crippen LogP contribution in [0.15, 0.2) is 54.0 Å². The Kier molecular flexibility index (Phi) is 3.86. The average molecular weight is 201 g/mol. The summed E-state index contributed by atoms with van der Waals surface area (Å²) in [5.41, 5.74) is 1.84. The minimum atomic E-state index is -0.0354. The van der Waals surface area contributed by atoms with E-state index >= 15 is 0 Å². The van der Waals surface area contributed by atoms with Crippen LogP contribution < -0.4 is 5.56 Å². The summed E-state index contributed by atoms with van der Waals surface area (Å²) in [6.07, 6.45) is 9.06. The van der Waals surface area contributed by atoms with Crippen molar-refractivity contribution in [3.05, 3.63) is 65.1 Å². The van der Waals surface area contributed by atoms with Crippen molar-refractivity contribution in [1.29, 1.82) is 0 Å². The van der Waals surface area contributed by atoms with Crippen LogP contribution in [0.5, 0.6) is 0 Å². The van der Waals surface area contributed by atoms with Gasteiger partial charge in [0.15, 0.2) is 0 Å². The third-order valence-electron chi connectivity index (χ3n) is 1.96. The van der Waals surface area contributed by atoms with Gasteiger partial charge in [-0.3, -0.25) is 9.36 Å². The molecule has 1 rings (SSSR count). The van der Waals surface area contributed by atoms with Crippen molar-refractivity contribution >= 4 is 5.70 Å². The maximum absolute atomic E-state index is 11.6. The predicted molar refractivity (Wildman–Crippen MR) is 64.7 cm³/mol. The van der Waals surface area contributed by atoms with Gasteiger partial charge in [0, 0.05) is 18.0 Å². The van der Waals surface area contributed by atoms with Gasteiger partial charge in [0.05, 0.1) is 0 Å². The molecule has 0 aromatic carbocycles. The maximum Gasteiger partial charge on any atom is 0.255 e. The lowest BCUT2D eigenvalue weighted by Gasteiger charge is -2.06. The van der Waals surface area contributed by atoms with Crippen molar-refractivity contribution in [2.24, 2.45) is 0 Å². The van der Waals surface area contributed by atoms with Crippen LogP contribution in [0, 0.1) is 6.92 Å². The number of aromatic nitrogens is 1. The van der Waals surface area contributed by atoms with E-state index in [2.05, 4.69) is 6.58 Å². The molecular formula is C13H15NO. The van der Waals surface area contributed by atoms with Gasteiger partial charge in [0.1, 0.15) is 0 Å². The molecule has 0 radical (unpaired) electrons. The highest BCUT2D eigenvalue weighted by Gasteiger charge is 1.98. The molecule has 0 aliphatic rings.